The van der Waals surface area contributed by atoms with Crippen molar-refractivity contribution in [2.45, 2.75) is 6.54 Å². The predicted molar refractivity (Wildman–Crippen MR) is 93.2 cm³/mol. The fraction of sp³-hybridized carbons (Fsp3) is 0.0667. The van der Waals surface area contributed by atoms with Crippen molar-refractivity contribution in [2.75, 3.05) is 0 Å². The van der Waals surface area contributed by atoms with Crippen LogP contribution in [0.15, 0.2) is 53.3 Å². The molecule has 0 spiro atoms. The quantitative estimate of drug-likeness (QED) is 0.613. The number of halogens is 2. The van der Waals surface area contributed by atoms with Gasteiger partial charge in [0.25, 0.3) is 5.91 Å². The molecule has 0 fully saturated rings. The lowest BCUT2D eigenvalue weighted by Crippen LogP contribution is -2.22. The van der Waals surface area contributed by atoms with Crippen LogP contribution in [0.5, 0.6) is 0 Å². The molecule has 0 unspecified atom stereocenters. The number of aromatic nitrogens is 2. The van der Waals surface area contributed by atoms with Gasteiger partial charge in [-0.05, 0) is 68.9 Å². The van der Waals surface area contributed by atoms with Crippen LogP contribution in [0.4, 0.5) is 0 Å². The normalized spacial score (nSPS) is 10.8. The van der Waals surface area contributed by atoms with E-state index in [1.54, 1.807) is 6.07 Å². The summed E-state index contributed by atoms with van der Waals surface area (Å²) in [7, 11) is 0. The van der Waals surface area contributed by atoms with Crippen LogP contribution in [0.25, 0.3) is 5.65 Å². The van der Waals surface area contributed by atoms with Crippen LogP contribution in [0.2, 0.25) is 0 Å². The highest BCUT2D eigenvalue weighted by Gasteiger charge is 2.07. The minimum Gasteiger partial charge on any atom is -0.346 e. The van der Waals surface area contributed by atoms with E-state index in [0.717, 1.165) is 19.4 Å². The van der Waals surface area contributed by atoms with E-state index in [0.29, 0.717) is 12.1 Å². The molecule has 0 saturated carbocycles. The average Bonchev–Trinajstić information content (AvgIpc) is 2.86. The number of pyridine rings is 1. The van der Waals surface area contributed by atoms with E-state index >= 15 is 0 Å². The van der Waals surface area contributed by atoms with E-state index in [2.05, 4.69) is 48.8 Å². The fourth-order valence-corrected chi connectivity index (χ4v) is 2.90. The number of benzene rings is 1. The third kappa shape index (κ3) is 3.44. The van der Waals surface area contributed by atoms with Crippen LogP contribution in [-0.2, 0) is 6.54 Å². The maximum absolute atomic E-state index is 12.1. The number of rotatable bonds is 3. The summed E-state index contributed by atoms with van der Waals surface area (Å²) in [5.41, 5.74) is 2.34. The van der Waals surface area contributed by atoms with Crippen molar-refractivity contribution >= 4 is 50.1 Å². The van der Waals surface area contributed by atoms with Crippen LogP contribution in [-0.4, -0.2) is 15.3 Å². The lowest BCUT2D eigenvalue weighted by Gasteiger charge is -2.03. The molecule has 2 aromatic heterocycles. The number of fused-ring (bicyclic) bond motifs is 1. The van der Waals surface area contributed by atoms with E-state index in [-0.39, 0.29) is 5.91 Å². The Bertz CT molecular complexity index is 816. The molecule has 3 aromatic rings. The number of nitrogens with zero attached hydrogens (tertiary/aromatic N) is 2. The summed E-state index contributed by atoms with van der Waals surface area (Å²) in [6, 6.07) is 11.4. The smallest absolute Gasteiger partial charge is 0.251 e. The molecule has 2 heterocycles. The number of hydrogen-bond donors (Lipinski definition) is 1. The first-order chi connectivity index (χ1) is 10.1. The third-order valence-corrected chi connectivity index (χ3v) is 4.12. The van der Waals surface area contributed by atoms with Crippen LogP contribution < -0.4 is 5.32 Å². The Morgan fingerprint density at radius 2 is 2.14 bits per heavy atom. The molecule has 1 aromatic carbocycles. The minimum absolute atomic E-state index is 0.0910. The Morgan fingerprint density at radius 1 is 1.29 bits per heavy atom. The van der Waals surface area contributed by atoms with Crippen molar-refractivity contribution in [3.05, 3.63) is 68.1 Å². The Hall–Kier alpha value is -1.41. The largest absolute Gasteiger partial charge is 0.346 e. The van der Waals surface area contributed by atoms with Gasteiger partial charge in [-0.25, -0.2) is 4.98 Å². The number of carbonyl (C=O) groups excluding carboxylic acids is 1. The van der Waals surface area contributed by atoms with E-state index < -0.39 is 0 Å². The van der Waals surface area contributed by atoms with E-state index in [1.165, 1.54) is 0 Å². The van der Waals surface area contributed by atoms with Gasteiger partial charge in [-0.3, -0.25) is 4.79 Å². The zero-order chi connectivity index (χ0) is 14.8. The van der Waals surface area contributed by atoms with Crippen molar-refractivity contribution in [3.8, 4) is 0 Å². The van der Waals surface area contributed by atoms with E-state index in [1.807, 2.05) is 47.1 Å². The lowest BCUT2D eigenvalue weighted by molar-refractivity contribution is 0.0950. The standard InChI is InChI=1S/C15H11BrIN3O/c16-11-4-5-14-19-13(9-20(14)8-11)7-18-15(21)10-2-1-3-12(17)6-10/h1-6,8-9H,7H2,(H,18,21). The summed E-state index contributed by atoms with van der Waals surface area (Å²) in [4.78, 5) is 16.5. The van der Waals surface area contributed by atoms with Gasteiger partial charge in [0.2, 0.25) is 0 Å². The summed E-state index contributed by atoms with van der Waals surface area (Å²) in [6.45, 7) is 0.406. The monoisotopic (exact) mass is 455 g/mol. The number of carbonyl (C=O) groups is 1. The molecule has 1 amide bonds. The third-order valence-electron chi connectivity index (χ3n) is 2.98. The number of amides is 1. The fourth-order valence-electron chi connectivity index (χ4n) is 2.00. The molecule has 4 nitrogen and oxygen atoms in total. The molecule has 0 atom stereocenters. The summed E-state index contributed by atoms with van der Waals surface area (Å²) in [5, 5.41) is 2.89. The second-order valence-electron chi connectivity index (χ2n) is 4.54. The van der Waals surface area contributed by atoms with Crippen molar-refractivity contribution in [1.29, 1.82) is 0 Å². The summed E-state index contributed by atoms with van der Waals surface area (Å²) >= 11 is 5.61. The number of hydrogen-bond acceptors (Lipinski definition) is 2. The molecule has 0 aliphatic rings. The minimum atomic E-state index is -0.0910. The SMILES string of the molecule is O=C(NCc1cn2cc(Br)ccc2n1)c1cccc(I)c1. The highest BCUT2D eigenvalue weighted by molar-refractivity contribution is 14.1. The van der Waals surface area contributed by atoms with Gasteiger partial charge in [-0.15, -0.1) is 0 Å². The zero-order valence-corrected chi connectivity index (χ0v) is 14.6. The molecule has 0 aliphatic carbocycles. The highest BCUT2D eigenvalue weighted by atomic mass is 127. The first-order valence-electron chi connectivity index (χ1n) is 6.29. The van der Waals surface area contributed by atoms with Crippen LogP contribution in [0, 0.1) is 3.57 Å². The van der Waals surface area contributed by atoms with Gasteiger partial charge in [-0.2, -0.15) is 0 Å². The van der Waals surface area contributed by atoms with E-state index in [9.17, 15) is 4.79 Å². The molecule has 0 bridgehead atoms. The predicted octanol–water partition coefficient (Wildman–Crippen LogP) is 3.63. The van der Waals surface area contributed by atoms with Crippen LogP contribution >= 0.6 is 38.5 Å². The summed E-state index contributed by atoms with van der Waals surface area (Å²) in [6.07, 6.45) is 3.85. The van der Waals surface area contributed by atoms with E-state index in [4.69, 9.17) is 0 Å². The second kappa shape index (κ2) is 6.15. The molecule has 0 radical (unpaired) electrons. The van der Waals surface area contributed by atoms with Crippen LogP contribution in [0.1, 0.15) is 16.1 Å². The van der Waals surface area contributed by atoms with Gasteiger partial charge >= 0.3 is 0 Å². The maximum Gasteiger partial charge on any atom is 0.251 e. The first-order valence-corrected chi connectivity index (χ1v) is 8.16. The van der Waals surface area contributed by atoms with Crippen molar-refractivity contribution in [3.63, 3.8) is 0 Å². The van der Waals surface area contributed by atoms with Gasteiger partial charge in [0, 0.05) is 26.0 Å². The first kappa shape index (κ1) is 14.5. The Morgan fingerprint density at radius 3 is 2.95 bits per heavy atom. The Kier molecular flexibility index (Phi) is 4.25. The topological polar surface area (TPSA) is 46.4 Å². The zero-order valence-electron chi connectivity index (χ0n) is 10.9. The van der Waals surface area contributed by atoms with Crippen molar-refractivity contribution < 1.29 is 4.79 Å². The molecule has 3 rings (SSSR count). The van der Waals surface area contributed by atoms with Crippen molar-refractivity contribution in [2.24, 2.45) is 0 Å². The molecule has 0 aliphatic heterocycles. The van der Waals surface area contributed by atoms with Gasteiger partial charge in [0.05, 0.1) is 12.2 Å². The average molecular weight is 456 g/mol. The number of imidazole rings is 1. The van der Waals surface area contributed by atoms with Gasteiger partial charge in [0.1, 0.15) is 5.65 Å². The molecule has 6 heteroatoms. The van der Waals surface area contributed by atoms with Crippen molar-refractivity contribution in [1.82, 2.24) is 14.7 Å². The van der Waals surface area contributed by atoms with Gasteiger partial charge in [0.15, 0.2) is 0 Å². The molecule has 1 N–H and O–H groups in total. The maximum atomic E-state index is 12.1. The molecule has 106 valence electrons. The molecular formula is C15H11BrIN3O. The van der Waals surface area contributed by atoms with Crippen LogP contribution in [0.3, 0.4) is 0 Å². The van der Waals surface area contributed by atoms with Gasteiger partial charge < -0.3 is 9.72 Å². The summed E-state index contributed by atoms with van der Waals surface area (Å²) in [5.74, 6) is -0.0910. The lowest BCUT2D eigenvalue weighted by atomic mass is 10.2. The molecular weight excluding hydrogens is 445 g/mol. The molecule has 0 saturated heterocycles. The molecule has 21 heavy (non-hydrogen) atoms. The second-order valence-corrected chi connectivity index (χ2v) is 6.70. The highest BCUT2D eigenvalue weighted by Crippen LogP contribution is 2.13. The summed E-state index contributed by atoms with van der Waals surface area (Å²) < 4.78 is 3.96. The number of nitrogens with one attached hydrogen (secondary N) is 1. The van der Waals surface area contributed by atoms with Gasteiger partial charge in [-0.1, -0.05) is 6.07 Å². The Balaban J connectivity index is 1.72. The Labute approximate surface area is 143 Å².